The fraction of sp³-hybridized carbons (Fsp3) is 0.188. The van der Waals surface area contributed by atoms with Gasteiger partial charge < -0.3 is 4.74 Å². The third-order valence-electron chi connectivity index (χ3n) is 2.95. The molecule has 0 unspecified atom stereocenters. The van der Waals surface area contributed by atoms with Crippen molar-refractivity contribution in [1.29, 1.82) is 0 Å². The van der Waals surface area contributed by atoms with Crippen molar-refractivity contribution in [2.24, 2.45) is 0 Å². The second-order valence-corrected chi connectivity index (χ2v) is 5.23. The first-order chi connectivity index (χ1) is 10.0. The molecule has 2 aromatic carbocycles. The Morgan fingerprint density at radius 2 is 1.86 bits per heavy atom. The van der Waals surface area contributed by atoms with Crippen molar-refractivity contribution in [2.75, 3.05) is 6.61 Å². The molecular formula is C16H13BrF2O2. The molecule has 0 aromatic heterocycles. The van der Waals surface area contributed by atoms with E-state index < -0.39 is 11.6 Å². The number of ether oxygens (including phenoxy) is 1. The Balaban J connectivity index is 2.23. The lowest BCUT2D eigenvalue weighted by molar-refractivity contribution is 0.0990. The second-order valence-electron chi connectivity index (χ2n) is 4.38. The number of Topliss-reactive ketones (excluding diaryl/α,β-unsaturated/α-hetero) is 1. The van der Waals surface area contributed by atoms with Gasteiger partial charge in [0.2, 0.25) is 0 Å². The van der Waals surface area contributed by atoms with Gasteiger partial charge in [0.15, 0.2) is 5.78 Å². The molecule has 0 spiro atoms. The molecule has 5 heteroatoms. The van der Waals surface area contributed by atoms with Crippen LogP contribution in [0.25, 0.3) is 0 Å². The summed E-state index contributed by atoms with van der Waals surface area (Å²) in [7, 11) is 0. The summed E-state index contributed by atoms with van der Waals surface area (Å²) in [5.41, 5.74) is 0.153. The third-order valence-corrected chi connectivity index (χ3v) is 3.57. The van der Waals surface area contributed by atoms with Crippen LogP contribution in [0.3, 0.4) is 0 Å². The van der Waals surface area contributed by atoms with E-state index in [0.717, 1.165) is 12.1 Å². The zero-order chi connectivity index (χ0) is 15.4. The maximum atomic E-state index is 13.5. The average molecular weight is 355 g/mol. The van der Waals surface area contributed by atoms with Crippen molar-refractivity contribution in [3.05, 3.63) is 63.6 Å². The molecule has 0 aliphatic heterocycles. The second kappa shape index (κ2) is 6.80. The van der Waals surface area contributed by atoms with Crippen LogP contribution in [0.5, 0.6) is 5.75 Å². The monoisotopic (exact) mass is 354 g/mol. The molecule has 0 fully saturated rings. The number of benzene rings is 2. The third kappa shape index (κ3) is 3.67. The van der Waals surface area contributed by atoms with Crippen molar-refractivity contribution >= 4 is 21.7 Å². The van der Waals surface area contributed by atoms with Crippen LogP contribution in [0.2, 0.25) is 0 Å². The fourth-order valence-electron chi connectivity index (χ4n) is 1.91. The first kappa shape index (κ1) is 15.6. The summed E-state index contributed by atoms with van der Waals surface area (Å²) in [5, 5.41) is 0. The van der Waals surface area contributed by atoms with Gasteiger partial charge in [0.1, 0.15) is 17.4 Å². The highest BCUT2D eigenvalue weighted by atomic mass is 79.9. The molecule has 0 amide bonds. The standard InChI is InChI=1S/C16H13BrF2O2/c1-2-21-16-7-6-10(8-12(16)17)15(20)9-11-13(18)4-3-5-14(11)19/h3-8H,2,9H2,1H3. The summed E-state index contributed by atoms with van der Waals surface area (Å²) in [6.07, 6.45) is -0.321. The molecular weight excluding hydrogens is 342 g/mol. The van der Waals surface area contributed by atoms with Crippen molar-refractivity contribution < 1.29 is 18.3 Å². The predicted molar refractivity (Wildman–Crippen MR) is 79.7 cm³/mol. The Morgan fingerprint density at radius 1 is 1.19 bits per heavy atom. The van der Waals surface area contributed by atoms with E-state index in [2.05, 4.69) is 15.9 Å². The van der Waals surface area contributed by atoms with Crippen LogP contribution < -0.4 is 4.74 Å². The van der Waals surface area contributed by atoms with Crippen LogP contribution in [0.1, 0.15) is 22.8 Å². The Kier molecular flexibility index (Phi) is 5.07. The summed E-state index contributed by atoms with van der Waals surface area (Å²) < 4.78 is 33.1. The molecule has 0 atom stereocenters. The number of rotatable bonds is 5. The Morgan fingerprint density at radius 3 is 2.43 bits per heavy atom. The zero-order valence-electron chi connectivity index (χ0n) is 11.3. The van der Waals surface area contributed by atoms with E-state index in [1.165, 1.54) is 6.07 Å². The van der Waals surface area contributed by atoms with E-state index in [-0.39, 0.29) is 17.8 Å². The molecule has 0 heterocycles. The number of carbonyl (C=O) groups excluding carboxylic acids is 1. The van der Waals surface area contributed by atoms with Crippen LogP contribution in [0.15, 0.2) is 40.9 Å². The minimum atomic E-state index is -0.714. The summed E-state index contributed by atoms with van der Waals surface area (Å²) in [5.74, 6) is -1.17. The van der Waals surface area contributed by atoms with Crippen molar-refractivity contribution in [1.82, 2.24) is 0 Å². The van der Waals surface area contributed by atoms with Crippen LogP contribution in [0.4, 0.5) is 8.78 Å². The van der Waals surface area contributed by atoms with Crippen molar-refractivity contribution in [2.45, 2.75) is 13.3 Å². The first-order valence-electron chi connectivity index (χ1n) is 6.41. The summed E-state index contributed by atoms with van der Waals surface area (Å²) >= 11 is 3.31. The average Bonchev–Trinajstić information content (AvgIpc) is 2.45. The van der Waals surface area contributed by atoms with Gasteiger partial charge in [-0.2, -0.15) is 0 Å². The summed E-state index contributed by atoms with van der Waals surface area (Å²) in [6.45, 7) is 2.36. The summed E-state index contributed by atoms with van der Waals surface area (Å²) in [4.78, 5) is 12.1. The zero-order valence-corrected chi connectivity index (χ0v) is 12.9. The van der Waals surface area contributed by atoms with Gasteiger partial charge in [-0.15, -0.1) is 0 Å². The highest BCUT2D eigenvalue weighted by molar-refractivity contribution is 9.10. The molecule has 110 valence electrons. The highest BCUT2D eigenvalue weighted by Gasteiger charge is 2.15. The molecule has 0 N–H and O–H groups in total. The van der Waals surface area contributed by atoms with E-state index in [1.54, 1.807) is 18.2 Å². The molecule has 2 aromatic rings. The van der Waals surface area contributed by atoms with Gasteiger partial charge >= 0.3 is 0 Å². The fourth-order valence-corrected chi connectivity index (χ4v) is 2.40. The van der Waals surface area contributed by atoms with Crippen LogP contribution in [0, 0.1) is 11.6 Å². The molecule has 2 nitrogen and oxygen atoms in total. The molecule has 0 saturated carbocycles. The molecule has 0 saturated heterocycles. The van der Waals surface area contributed by atoms with E-state index >= 15 is 0 Å². The normalized spacial score (nSPS) is 10.5. The molecule has 0 aliphatic rings. The van der Waals surface area contributed by atoms with E-state index in [1.807, 2.05) is 6.92 Å². The Labute approximate surface area is 129 Å². The minimum Gasteiger partial charge on any atom is -0.493 e. The van der Waals surface area contributed by atoms with Gasteiger partial charge in [-0.05, 0) is 53.2 Å². The molecule has 2 rings (SSSR count). The molecule has 0 aliphatic carbocycles. The lowest BCUT2D eigenvalue weighted by Gasteiger charge is -2.08. The number of halogens is 3. The topological polar surface area (TPSA) is 26.3 Å². The highest BCUT2D eigenvalue weighted by Crippen LogP contribution is 2.27. The van der Waals surface area contributed by atoms with Crippen LogP contribution >= 0.6 is 15.9 Å². The van der Waals surface area contributed by atoms with Gasteiger partial charge in [0, 0.05) is 17.5 Å². The Bertz CT molecular complexity index is 651. The lowest BCUT2D eigenvalue weighted by atomic mass is 10.0. The number of ketones is 1. The van der Waals surface area contributed by atoms with Crippen LogP contribution in [-0.4, -0.2) is 12.4 Å². The number of hydrogen-bond donors (Lipinski definition) is 0. The van der Waals surface area contributed by atoms with Crippen molar-refractivity contribution in [3.63, 3.8) is 0 Å². The number of hydrogen-bond acceptors (Lipinski definition) is 2. The first-order valence-corrected chi connectivity index (χ1v) is 7.20. The van der Waals surface area contributed by atoms with Gasteiger partial charge in [-0.3, -0.25) is 4.79 Å². The van der Waals surface area contributed by atoms with Gasteiger partial charge in [-0.1, -0.05) is 6.07 Å². The lowest BCUT2D eigenvalue weighted by Crippen LogP contribution is -2.07. The van der Waals surface area contributed by atoms with Crippen LogP contribution in [-0.2, 0) is 6.42 Å². The smallest absolute Gasteiger partial charge is 0.167 e. The molecule has 0 bridgehead atoms. The predicted octanol–water partition coefficient (Wildman–Crippen LogP) is 4.55. The number of carbonyl (C=O) groups is 1. The van der Waals surface area contributed by atoms with Gasteiger partial charge in [0.05, 0.1) is 11.1 Å². The van der Waals surface area contributed by atoms with E-state index in [0.29, 0.717) is 22.4 Å². The van der Waals surface area contributed by atoms with Gasteiger partial charge in [0.25, 0.3) is 0 Å². The quantitative estimate of drug-likeness (QED) is 0.736. The maximum Gasteiger partial charge on any atom is 0.167 e. The largest absolute Gasteiger partial charge is 0.493 e. The summed E-state index contributed by atoms with van der Waals surface area (Å²) in [6, 6.07) is 8.37. The Hall–Kier alpha value is -1.75. The van der Waals surface area contributed by atoms with Crippen molar-refractivity contribution in [3.8, 4) is 5.75 Å². The minimum absolute atomic E-state index is 0.215. The maximum absolute atomic E-state index is 13.5. The van der Waals surface area contributed by atoms with E-state index in [4.69, 9.17) is 4.74 Å². The molecule has 21 heavy (non-hydrogen) atoms. The van der Waals surface area contributed by atoms with Gasteiger partial charge in [-0.25, -0.2) is 8.78 Å². The SMILES string of the molecule is CCOc1ccc(C(=O)Cc2c(F)cccc2F)cc1Br. The molecule has 0 radical (unpaired) electrons. The van der Waals surface area contributed by atoms with E-state index in [9.17, 15) is 13.6 Å².